The molecule has 0 aliphatic carbocycles. The number of rotatable bonds is 3. The van der Waals surface area contributed by atoms with Gasteiger partial charge in [-0.1, -0.05) is 26.8 Å². The van der Waals surface area contributed by atoms with Crippen molar-refractivity contribution in [2.45, 2.75) is 27.3 Å². The Balaban J connectivity index is 1.98. The third kappa shape index (κ3) is 3.44. The second-order valence-electron chi connectivity index (χ2n) is 5.46. The minimum absolute atomic E-state index is 0.0302. The number of furan rings is 1. The maximum absolute atomic E-state index is 11.7. The number of amides is 1. The molecule has 1 amide bonds. The molecule has 0 saturated heterocycles. The van der Waals surface area contributed by atoms with Crippen molar-refractivity contribution in [3.05, 3.63) is 42.3 Å². The lowest BCUT2D eigenvalue weighted by molar-refractivity contribution is -0.128. The zero-order chi connectivity index (χ0) is 13.9. The highest BCUT2D eigenvalue weighted by Gasteiger charge is 2.20. The molecule has 0 spiro atoms. The highest BCUT2D eigenvalue weighted by molar-refractivity contribution is 5.81. The van der Waals surface area contributed by atoms with Crippen LogP contribution in [0.15, 0.2) is 41.1 Å². The van der Waals surface area contributed by atoms with E-state index in [0.29, 0.717) is 6.54 Å². The van der Waals surface area contributed by atoms with Crippen molar-refractivity contribution in [3.63, 3.8) is 0 Å². The van der Waals surface area contributed by atoms with Gasteiger partial charge < -0.3 is 9.73 Å². The van der Waals surface area contributed by atoms with Crippen LogP contribution in [0.4, 0.5) is 0 Å². The Labute approximate surface area is 112 Å². The van der Waals surface area contributed by atoms with Crippen molar-refractivity contribution in [3.8, 4) is 11.5 Å². The SMILES string of the molecule is CC(C)(C)C(=O)NCc1ccc(-c2ccco2)nc1. The maximum atomic E-state index is 11.7. The molecule has 0 saturated carbocycles. The predicted octanol–water partition coefficient (Wildman–Crippen LogP) is 3.00. The van der Waals surface area contributed by atoms with Gasteiger partial charge in [-0.15, -0.1) is 0 Å². The van der Waals surface area contributed by atoms with Gasteiger partial charge in [-0.2, -0.15) is 0 Å². The number of nitrogens with one attached hydrogen (secondary N) is 1. The molecular formula is C15H18N2O2. The van der Waals surface area contributed by atoms with Gasteiger partial charge in [0, 0.05) is 18.2 Å². The van der Waals surface area contributed by atoms with Crippen molar-refractivity contribution >= 4 is 5.91 Å². The lowest BCUT2D eigenvalue weighted by Gasteiger charge is -2.17. The Morgan fingerprint density at radius 2 is 2.11 bits per heavy atom. The van der Waals surface area contributed by atoms with Crippen LogP contribution in [0.1, 0.15) is 26.3 Å². The average molecular weight is 258 g/mol. The van der Waals surface area contributed by atoms with Crippen molar-refractivity contribution < 1.29 is 9.21 Å². The van der Waals surface area contributed by atoms with Gasteiger partial charge in [-0.25, -0.2) is 0 Å². The van der Waals surface area contributed by atoms with Gasteiger partial charge in [0.25, 0.3) is 0 Å². The normalized spacial score (nSPS) is 11.3. The zero-order valence-electron chi connectivity index (χ0n) is 11.4. The quantitative estimate of drug-likeness (QED) is 0.920. The summed E-state index contributed by atoms with van der Waals surface area (Å²) in [6, 6.07) is 7.52. The van der Waals surface area contributed by atoms with E-state index in [9.17, 15) is 4.79 Å². The van der Waals surface area contributed by atoms with E-state index in [1.165, 1.54) is 0 Å². The number of carbonyl (C=O) groups excluding carboxylic acids is 1. The lowest BCUT2D eigenvalue weighted by Crippen LogP contribution is -2.34. The summed E-state index contributed by atoms with van der Waals surface area (Å²) in [5.74, 6) is 0.771. The minimum Gasteiger partial charge on any atom is -0.463 e. The molecule has 2 rings (SSSR count). The van der Waals surface area contributed by atoms with Crippen molar-refractivity contribution in [1.82, 2.24) is 10.3 Å². The molecule has 2 aromatic rings. The monoisotopic (exact) mass is 258 g/mol. The van der Waals surface area contributed by atoms with Gasteiger partial charge in [0.15, 0.2) is 5.76 Å². The highest BCUT2D eigenvalue weighted by atomic mass is 16.3. The van der Waals surface area contributed by atoms with E-state index < -0.39 is 0 Å². The molecular weight excluding hydrogens is 240 g/mol. The van der Waals surface area contributed by atoms with E-state index >= 15 is 0 Å². The first-order chi connectivity index (χ1) is 8.97. The van der Waals surface area contributed by atoms with Crippen LogP contribution in [-0.2, 0) is 11.3 Å². The van der Waals surface area contributed by atoms with Crippen LogP contribution < -0.4 is 5.32 Å². The van der Waals surface area contributed by atoms with Crippen LogP contribution in [0.3, 0.4) is 0 Å². The van der Waals surface area contributed by atoms with Crippen LogP contribution in [0.25, 0.3) is 11.5 Å². The highest BCUT2D eigenvalue weighted by Crippen LogP contribution is 2.17. The Morgan fingerprint density at radius 1 is 1.32 bits per heavy atom. The van der Waals surface area contributed by atoms with E-state index in [4.69, 9.17) is 4.42 Å². The summed E-state index contributed by atoms with van der Waals surface area (Å²) in [6.07, 6.45) is 3.37. The second kappa shape index (κ2) is 5.26. The summed E-state index contributed by atoms with van der Waals surface area (Å²) in [4.78, 5) is 16.1. The van der Waals surface area contributed by atoms with Gasteiger partial charge in [-0.05, 0) is 23.8 Å². The van der Waals surface area contributed by atoms with E-state index in [-0.39, 0.29) is 11.3 Å². The van der Waals surface area contributed by atoms with Gasteiger partial charge >= 0.3 is 0 Å². The van der Waals surface area contributed by atoms with E-state index in [0.717, 1.165) is 17.0 Å². The van der Waals surface area contributed by atoms with Crippen molar-refractivity contribution in [2.24, 2.45) is 5.41 Å². The zero-order valence-corrected chi connectivity index (χ0v) is 11.4. The fraction of sp³-hybridized carbons (Fsp3) is 0.333. The first-order valence-corrected chi connectivity index (χ1v) is 6.24. The first-order valence-electron chi connectivity index (χ1n) is 6.24. The largest absolute Gasteiger partial charge is 0.463 e. The molecule has 0 radical (unpaired) electrons. The minimum atomic E-state index is -0.373. The maximum Gasteiger partial charge on any atom is 0.225 e. The van der Waals surface area contributed by atoms with Crippen LogP contribution in [0.2, 0.25) is 0 Å². The fourth-order valence-corrected chi connectivity index (χ4v) is 1.55. The smallest absolute Gasteiger partial charge is 0.225 e. The number of nitrogens with zero attached hydrogens (tertiary/aromatic N) is 1. The standard InChI is InChI=1S/C15H18N2O2/c1-15(2,3)14(18)17-10-11-6-7-12(16-9-11)13-5-4-8-19-13/h4-9H,10H2,1-3H3,(H,17,18). The molecule has 0 aromatic carbocycles. The Kier molecular flexibility index (Phi) is 3.69. The predicted molar refractivity (Wildman–Crippen MR) is 73.2 cm³/mol. The molecule has 4 heteroatoms. The number of carbonyl (C=O) groups is 1. The van der Waals surface area contributed by atoms with Crippen molar-refractivity contribution in [2.75, 3.05) is 0 Å². The molecule has 0 fully saturated rings. The Morgan fingerprint density at radius 3 is 2.63 bits per heavy atom. The summed E-state index contributed by atoms with van der Waals surface area (Å²) in [5.41, 5.74) is 1.38. The summed E-state index contributed by atoms with van der Waals surface area (Å²) in [6.45, 7) is 6.16. The molecule has 0 atom stereocenters. The average Bonchev–Trinajstić information content (AvgIpc) is 2.89. The molecule has 100 valence electrons. The molecule has 0 aliphatic rings. The van der Waals surface area contributed by atoms with Crippen LogP contribution in [0, 0.1) is 5.41 Å². The molecule has 0 bridgehead atoms. The lowest BCUT2D eigenvalue weighted by atomic mass is 9.96. The number of aromatic nitrogens is 1. The topological polar surface area (TPSA) is 55.1 Å². The first kappa shape index (κ1) is 13.3. The molecule has 4 nitrogen and oxygen atoms in total. The van der Waals surface area contributed by atoms with Gasteiger partial charge in [-0.3, -0.25) is 9.78 Å². The number of hydrogen-bond donors (Lipinski definition) is 1. The number of hydrogen-bond acceptors (Lipinski definition) is 3. The third-order valence-corrected chi connectivity index (χ3v) is 2.73. The molecule has 2 aromatic heterocycles. The Hall–Kier alpha value is -2.10. The molecule has 2 heterocycles. The molecule has 0 unspecified atom stereocenters. The third-order valence-electron chi connectivity index (χ3n) is 2.73. The van der Waals surface area contributed by atoms with E-state index in [2.05, 4.69) is 10.3 Å². The van der Waals surface area contributed by atoms with Crippen LogP contribution in [-0.4, -0.2) is 10.9 Å². The van der Waals surface area contributed by atoms with Gasteiger partial charge in [0.05, 0.1) is 6.26 Å². The molecule has 19 heavy (non-hydrogen) atoms. The van der Waals surface area contributed by atoms with Crippen LogP contribution in [0.5, 0.6) is 0 Å². The summed E-state index contributed by atoms with van der Waals surface area (Å²) in [7, 11) is 0. The summed E-state index contributed by atoms with van der Waals surface area (Å²) < 4.78 is 5.27. The number of pyridine rings is 1. The summed E-state index contributed by atoms with van der Waals surface area (Å²) in [5, 5.41) is 2.89. The van der Waals surface area contributed by atoms with Crippen LogP contribution >= 0.6 is 0 Å². The van der Waals surface area contributed by atoms with Gasteiger partial charge in [0.2, 0.25) is 5.91 Å². The van der Waals surface area contributed by atoms with Gasteiger partial charge in [0.1, 0.15) is 5.69 Å². The summed E-state index contributed by atoms with van der Waals surface area (Å²) >= 11 is 0. The van der Waals surface area contributed by atoms with Crippen molar-refractivity contribution in [1.29, 1.82) is 0 Å². The van der Waals surface area contributed by atoms with E-state index in [1.54, 1.807) is 12.5 Å². The molecule has 0 aliphatic heterocycles. The fourth-order valence-electron chi connectivity index (χ4n) is 1.55. The molecule has 1 N–H and O–H groups in total. The Bertz CT molecular complexity index is 537. The second-order valence-corrected chi connectivity index (χ2v) is 5.46. The van der Waals surface area contributed by atoms with E-state index in [1.807, 2.05) is 45.0 Å².